The van der Waals surface area contributed by atoms with Crippen molar-refractivity contribution in [3.63, 3.8) is 0 Å². The number of benzene rings is 8. The van der Waals surface area contributed by atoms with Crippen LogP contribution >= 0.6 is 15.9 Å². The van der Waals surface area contributed by atoms with Gasteiger partial charge in [0, 0.05) is 37.4 Å². The van der Waals surface area contributed by atoms with E-state index in [2.05, 4.69) is 115 Å². The van der Waals surface area contributed by atoms with Crippen LogP contribution in [-0.2, 0) is 17.2 Å². The second-order valence-electron chi connectivity index (χ2n) is 23.4. The Labute approximate surface area is 491 Å². The van der Waals surface area contributed by atoms with Crippen LogP contribution in [0.3, 0.4) is 0 Å². The van der Waals surface area contributed by atoms with Crippen molar-refractivity contribution in [1.29, 1.82) is 0 Å². The molecule has 0 amide bonds. The molecule has 1 unspecified atom stereocenters. The number of hydrogen-bond acceptors (Lipinski definition) is 5. The van der Waals surface area contributed by atoms with Crippen molar-refractivity contribution < 1.29 is 36.9 Å². The van der Waals surface area contributed by atoms with Crippen LogP contribution in [0.2, 0.25) is 0 Å². The van der Waals surface area contributed by atoms with Crippen LogP contribution in [0.25, 0.3) is 49.9 Å². The maximum atomic E-state index is 14.5. The van der Waals surface area contributed by atoms with Crippen molar-refractivity contribution in [1.82, 2.24) is 0 Å². The molecule has 2 aliphatic carbocycles. The summed E-state index contributed by atoms with van der Waals surface area (Å²) in [6.07, 6.45) is 16.4. The lowest BCUT2D eigenvalue weighted by Crippen LogP contribution is -2.35. The molecule has 11 rings (SSSR count). The van der Waals surface area contributed by atoms with Crippen LogP contribution in [0.15, 0.2) is 150 Å². The van der Waals surface area contributed by atoms with Crippen molar-refractivity contribution in [3.8, 4) is 51.0 Å². The molecule has 1 heterocycles. The first-order chi connectivity index (χ1) is 39.8. The Kier molecular flexibility index (Phi) is 17.2. The molecule has 426 valence electrons. The Morgan fingerprint density at radius 3 is 1.85 bits per heavy atom. The predicted molar refractivity (Wildman–Crippen MR) is 332 cm³/mol. The quantitative estimate of drug-likeness (QED) is 0.0500. The highest BCUT2D eigenvalue weighted by Crippen LogP contribution is 2.60. The van der Waals surface area contributed by atoms with Crippen molar-refractivity contribution >= 4 is 43.6 Å². The Morgan fingerprint density at radius 1 is 0.610 bits per heavy atom. The normalized spacial score (nSPS) is 18.0. The fourth-order valence-electron chi connectivity index (χ4n) is 13.2. The molecule has 1 fully saturated rings. The third kappa shape index (κ3) is 11.5. The molecular formula is C73H76BrF3O5. The number of methoxy groups -OCH3 is 1. The van der Waals surface area contributed by atoms with E-state index >= 15 is 0 Å². The van der Waals surface area contributed by atoms with Crippen molar-refractivity contribution in [2.24, 2.45) is 5.92 Å². The predicted octanol–water partition coefficient (Wildman–Crippen LogP) is 21.2. The first-order valence-corrected chi connectivity index (χ1v) is 30.8. The van der Waals surface area contributed by atoms with Crippen molar-refractivity contribution in [2.75, 3.05) is 26.9 Å². The van der Waals surface area contributed by atoms with Gasteiger partial charge in [0.25, 0.3) is 0 Å². The molecule has 9 heteroatoms. The molecule has 8 aromatic rings. The Balaban J connectivity index is 0.816. The van der Waals surface area contributed by atoms with Gasteiger partial charge in [0.15, 0.2) is 5.60 Å². The van der Waals surface area contributed by atoms with Crippen molar-refractivity contribution in [2.45, 2.75) is 141 Å². The summed E-state index contributed by atoms with van der Waals surface area (Å²) in [6.45, 7) is 10.3. The molecule has 1 aliphatic heterocycles. The fraction of sp³-hybridized carbons (Fsp3) is 0.370. The van der Waals surface area contributed by atoms with Gasteiger partial charge in [-0.3, -0.25) is 0 Å². The van der Waals surface area contributed by atoms with E-state index in [-0.39, 0.29) is 0 Å². The van der Waals surface area contributed by atoms with Gasteiger partial charge in [0.2, 0.25) is 0 Å². The van der Waals surface area contributed by atoms with Gasteiger partial charge in [-0.2, -0.15) is 13.2 Å². The van der Waals surface area contributed by atoms with Gasteiger partial charge >= 0.3 is 6.18 Å². The van der Waals surface area contributed by atoms with E-state index in [1.165, 1.54) is 80.2 Å². The summed E-state index contributed by atoms with van der Waals surface area (Å²) in [4.78, 5) is 0. The average molecular weight is 1170 g/mol. The summed E-state index contributed by atoms with van der Waals surface area (Å²) in [7, 11) is 1.65. The molecule has 0 aromatic heterocycles. The van der Waals surface area contributed by atoms with Gasteiger partial charge < -0.3 is 23.7 Å². The monoisotopic (exact) mass is 1170 g/mol. The lowest BCUT2D eigenvalue weighted by Gasteiger charge is -2.38. The van der Waals surface area contributed by atoms with Gasteiger partial charge in [0.05, 0.1) is 32.5 Å². The van der Waals surface area contributed by atoms with Crippen LogP contribution in [-0.4, -0.2) is 26.9 Å². The number of ether oxygens (including phenoxy) is 5. The fourth-order valence-corrected chi connectivity index (χ4v) is 13.8. The third-order valence-electron chi connectivity index (χ3n) is 17.8. The molecule has 0 bridgehead atoms. The number of fused-ring (bicyclic) bond motifs is 10. The summed E-state index contributed by atoms with van der Waals surface area (Å²) in [5.74, 6) is 5.37. The number of halogens is 4. The number of rotatable bonds is 22. The summed E-state index contributed by atoms with van der Waals surface area (Å²) < 4.78 is 76.6. The molecule has 3 aliphatic rings. The first kappa shape index (κ1) is 57.1. The zero-order valence-corrected chi connectivity index (χ0v) is 49.7. The number of alkyl halides is 3. The smallest absolute Gasteiger partial charge is 0.416 e. The molecule has 0 saturated heterocycles. The standard InChI is InChI=1S/C73H76BrF3O5/c1-6-8-12-16-48-19-21-49(22-20-48)50-23-25-51(26-24-50)52-27-34-57(35-28-52)80-44-13-10-11-14-45-81-65-18-15-17-60-67-62(47-64(74)68(60)65)66-59-40-33-55(73(75,76)77)46-63(59)71(3,4)69(66)61-41-42-72(82-70(61)67,53-29-36-56(78-5)37-30-53)54-31-38-58(39-32-54)79-43-9-7-2/h15,17-18,23-42,46-49H,6-14,16,19-22,43-45H2,1-5H3. The van der Waals surface area contributed by atoms with E-state index in [1.807, 2.05) is 62.4 Å². The van der Waals surface area contributed by atoms with Crippen LogP contribution in [0.1, 0.15) is 162 Å². The largest absolute Gasteiger partial charge is 0.497 e. The molecule has 0 radical (unpaired) electrons. The zero-order chi connectivity index (χ0) is 57.0. The van der Waals surface area contributed by atoms with E-state index in [4.69, 9.17) is 23.7 Å². The molecule has 0 spiro atoms. The maximum absolute atomic E-state index is 14.5. The highest BCUT2D eigenvalue weighted by molar-refractivity contribution is 9.10. The van der Waals surface area contributed by atoms with Gasteiger partial charge in [-0.05, 0) is 202 Å². The molecule has 82 heavy (non-hydrogen) atoms. The molecule has 5 nitrogen and oxygen atoms in total. The number of unbranched alkanes of at least 4 members (excludes halogenated alkanes) is 6. The zero-order valence-electron chi connectivity index (χ0n) is 48.2. The van der Waals surface area contributed by atoms with E-state index < -0.39 is 22.8 Å². The van der Waals surface area contributed by atoms with Crippen LogP contribution < -0.4 is 23.7 Å². The summed E-state index contributed by atoms with van der Waals surface area (Å²) >= 11 is 4.01. The van der Waals surface area contributed by atoms with Gasteiger partial charge in [-0.1, -0.05) is 145 Å². The maximum Gasteiger partial charge on any atom is 0.416 e. The third-order valence-corrected chi connectivity index (χ3v) is 18.4. The molecule has 1 atom stereocenters. The highest BCUT2D eigenvalue weighted by atomic mass is 79.9. The minimum Gasteiger partial charge on any atom is -0.497 e. The van der Waals surface area contributed by atoms with Crippen LogP contribution in [0.4, 0.5) is 13.2 Å². The average Bonchev–Trinajstić information content (AvgIpc) is 2.05. The highest BCUT2D eigenvalue weighted by Gasteiger charge is 2.46. The molecule has 0 N–H and O–H groups in total. The van der Waals surface area contributed by atoms with Gasteiger partial charge in [0.1, 0.15) is 28.7 Å². The summed E-state index contributed by atoms with van der Waals surface area (Å²) in [5, 5.41) is 3.53. The van der Waals surface area contributed by atoms with E-state index in [1.54, 1.807) is 13.2 Å². The topological polar surface area (TPSA) is 46.2 Å². The lowest BCUT2D eigenvalue weighted by atomic mass is 9.76. The Morgan fingerprint density at radius 2 is 1.22 bits per heavy atom. The number of hydrogen-bond donors (Lipinski definition) is 0. The van der Waals surface area contributed by atoms with Crippen LogP contribution in [0, 0.1) is 5.92 Å². The SMILES string of the molecule is CCCCCC1CCC(c2ccc(-c3ccc(OCCCCCCOc4cccc5c4c(Br)cc4c6c(c7c(c45)OC(c4ccc(OC)cc4)(c4ccc(OCCCC)cc4)C=C7)C(C)(C)c4cc(C(F)(F)F)ccc4-6)cc3)cc2)CC1. The molecule has 8 aromatic carbocycles. The second kappa shape index (κ2) is 24.6. The lowest BCUT2D eigenvalue weighted by molar-refractivity contribution is -0.137. The van der Waals surface area contributed by atoms with E-state index in [9.17, 15) is 13.2 Å². The first-order valence-electron chi connectivity index (χ1n) is 30.0. The van der Waals surface area contributed by atoms with Gasteiger partial charge in [-0.15, -0.1) is 0 Å². The minimum absolute atomic E-state index is 0.524. The molecular weight excluding hydrogens is 1090 g/mol. The summed E-state index contributed by atoms with van der Waals surface area (Å²) in [5.41, 5.74) is 7.14. The van der Waals surface area contributed by atoms with E-state index in [0.29, 0.717) is 42.8 Å². The molecule has 1 saturated carbocycles. The Bertz CT molecular complexity index is 3540. The van der Waals surface area contributed by atoms with E-state index in [0.717, 1.165) is 121 Å². The minimum atomic E-state index is -4.50. The Hall–Kier alpha value is -6.71. The van der Waals surface area contributed by atoms with Crippen LogP contribution in [0.5, 0.6) is 28.7 Å². The second-order valence-corrected chi connectivity index (χ2v) is 24.3. The summed E-state index contributed by atoms with van der Waals surface area (Å²) in [6, 6.07) is 46.2. The van der Waals surface area contributed by atoms with Gasteiger partial charge in [-0.25, -0.2) is 0 Å². The van der Waals surface area contributed by atoms with Crippen molar-refractivity contribution in [3.05, 3.63) is 189 Å².